The SMILES string of the molecule is O=C(O)c1ccc(=O)n(CCC(=O)N2CCOCC2)c1. The standard InChI is InChI=1S/C13H16N2O5/c16-11-2-1-10(13(18)19)9-15(11)4-3-12(17)14-5-7-20-8-6-14/h1-2,9H,3-8H2,(H,18,19). The number of aromatic carboxylic acids is 1. The fraction of sp³-hybridized carbons (Fsp3) is 0.462. The number of hydrogen-bond acceptors (Lipinski definition) is 4. The molecule has 1 aliphatic rings. The first kappa shape index (κ1) is 14.3. The number of carbonyl (C=O) groups excluding carboxylic acids is 1. The molecule has 0 atom stereocenters. The third-order valence-corrected chi connectivity index (χ3v) is 3.16. The van der Waals surface area contributed by atoms with E-state index in [0.717, 1.165) is 0 Å². The zero-order valence-electron chi connectivity index (χ0n) is 10.9. The number of aryl methyl sites for hydroxylation is 1. The maximum absolute atomic E-state index is 11.9. The van der Waals surface area contributed by atoms with Crippen molar-refractivity contribution in [2.24, 2.45) is 0 Å². The Morgan fingerprint density at radius 2 is 1.95 bits per heavy atom. The van der Waals surface area contributed by atoms with Crippen molar-refractivity contribution in [1.82, 2.24) is 9.47 Å². The van der Waals surface area contributed by atoms with Gasteiger partial charge in [0.1, 0.15) is 0 Å². The zero-order chi connectivity index (χ0) is 14.5. The van der Waals surface area contributed by atoms with E-state index in [4.69, 9.17) is 9.84 Å². The predicted octanol–water partition coefficient (Wildman–Crippen LogP) is -0.205. The molecule has 2 heterocycles. The van der Waals surface area contributed by atoms with Crippen molar-refractivity contribution in [3.63, 3.8) is 0 Å². The molecule has 0 aromatic carbocycles. The summed E-state index contributed by atoms with van der Waals surface area (Å²) in [6, 6.07) is 2.45. The van der Waals surface area contributed by atoms with Gasteiger partial charge in [-0.05, 0) is 6.07 Å². The van der Waals surface area contributed by atoms with Gasteiger partial charge in [0.15, 0.2) is 0 Å². The Balaban J connectivity index is 1.99. The van der Waals surface area contributed by atoms with E-state index in [0.29, 0.717) is 26.3 Å². The number of carboxylic acids is 1. The zero-order valence-corrected chi connectivity index (χ0v) is 10.9. The molecule has 1 aromatic heterocycles. The molecular weight excluding hydrogens is 264 g/mol. The Labute approximate surface area is 115 Å². The van der Waals surface area contributed by atoms with E-state index >= 15 is 0 Å². The van der Waals surface area contributed by atoms with Crippen molar-refractivity contribution in [3.05, 3.63) is 34.2 Å². The summed E-state index contributed by atoms with van der Waals surface area (Å²) in [5.74, 6) is -1.15. The molecule has 0 bridgehead atoms. The van der Waals surface area contributed by atoms with Crippen molar-refractivity contribution in [2.45, 2.75) is 13.0 Å². The minimum absolute atomic E-state index is 0.0309. The highest BCUT2D eigenvalue weighted by atomic mass is 16.5. The van der Waals surface area contributed by atoms with Crippen LogP contribution in [0.1, 0.15) is 16.8 Å². The molecule has 1 aromatic rings. The molecule has 7 heteroatoms. The first-order valence-corrected chi connectivity index (χ1v) is 6.37. The van der Waals surface area contributed by atoms with Crippen molar-refractivity contribution in [3.8, 4) is 0 Å². The maximum atomic E-state index is 11.9. The van der Waals surface area contributed by atoms with Crippen LogP contribution in [0, 0.1) is 0 Å². The predicted molar refractivity (Wildman–Crippen MR) is 69.7 cm³/mol. The van der Waals surface area contributed by atoms with Gasteiger partial charge in [0.25, 0.3) is 5.56 Å². The number of morpholine rings is 1. The second-order valence-corrected chi connectivity index (χ2v) is 4.50. The van der Waals surface area contributed by atoms with Crippen LogP contribution in [0.4, 0.5) is 0 Å². The van der Waals surface area contributed by atoms with E-state index in [1.165, 1.54) is 22.9 Å². The van der Waals surface area contributed by atoms with Gasteiger partial charge in [-0.15, -0.1) is 0 Å². The van der Waals surface area contributed by atoms with Crippen molar-refractivity contribution < 1.29 is 19.4 Å². The molecular formula is C13H16N2O5. The summed E-state index contributed by atoms with van der Waals surface area (Å²) in [4.78, 5) is 36.1. The number of amides is 1. The molecule has 1 saturated heterocycles. The fourth-order valence-electron chi connectivity index (χ4n) is 2.02. The number of pyridine rings is 1. The van der Waals surface area contributed by atoms with Gasteiger partial charge in [0, 0.05) is 38.3 Å². The lowest BCUT2D eigenvalue weighted by Crippen LogP contribution is -2.41. The molecule has 0 saturated carbocycles. The lowest BCUT2D eigenvalue weighted by molar-refractivity contribution is -0.135. The molecule has 108 valence electrons. The second kappa shape index (κ2) is 6.33. The van der Waals surface area contributed by atoms with Crippen LogP contribution >= 0.6 is 0 Å². The van der Waals surface area contributed by atoms with Gasteiger partial charge in [0.2, 0.25) is 5.91 Å². The van der Waals surface area contributed by atoms with Crippen LogP contribution in [0.3, 0.4) is 0 Å². The van der Waals surface area contributed by atoms with Gasteiger partial charge >= 0.3 is 5.97 Å². The maximum Gasteiger partial charge on any atom is 0.337 e. The summed E-state index contributed by atoms with van der Waals surface area (Å²) in [5.41, 5.74) is -0.284. The van der Waals surface area contributed by atoms with Crippen LogP contribution in [0.2, 0.25) is 0 Å². The van der Waals surface area contributed by atoms with Gasteiger partial charge in [-0.3, -0.25) is 9.59 Å². The Morgan fingerprint density at radius 3 is 2.60 bits per heavy atom. The monoisotopic (exact) mass is 280 g/mol. The van der Waals surface area contributed by atoms with Crippen LogP contribution in [-0.2, 0) is 16.1 Å². The average molecular weight is 280 g/mol. The van der Waals surface area contributed by atoms with Crippen molar-refractivity contribution >= 4 is 11.9 Å². The molecule has 1 amide bonds. The summed E-state index contributed by atoms with van der Waals surface area (Å²) in [5, 5.41) is 8.88. The average Bonchev–Trinajstić information content (AvgIpc) is 2.46. The number of hydrogen-bond donors (Lipinski definition) is 1. The molecule has 2 rings (SSSR count). The van der Waals surface area contributed by atoms with Crippen molar-refractivity contribution in [2.75, 3.05) is 26.3 Å². The molecule has 1 aliphatic heterocycles. The largest absolute Gasteiger partial charge is 0.478 e. The quantitative estimate of drug-likeness (QED) is 0.824. The highest BCUT2D eigenvalue weighted by Gasteiger charge is 2.16. The molecule has 0 radical (unpaired) electrons. The van der Waals surface area contributed by atoms with Crippen LogP contribution in [-0.4, -0.2) is 52.8 Å². The minimum Gasteiger partial charge on any atom is -0.478 e. The molecule has 1 N–H and O–H groups in total. The normalized spacial score (nSPS) is 15.1. The number of carboxylic acid groups (broad SMARTS) is 1. The highest BCUT2D eigenvalue weighted by molar-refractivity contribution is 5.87. The fourth-order valence-corrected chi connectivity index (χ4v) is 2.02. The summed E-state index contributed by atoms with van der Waals surface area (Å²) >= 11 is 0. The van der Waals surface area contributed by atoms with Crippen LogP contribution in [0.5, 0.6) is 0 Å². The summed E-state index contributed by atoms with van der Waals surface area (Å²) in [6.07, 6.45) is 1.43. The van der Waals surface area contributed by atoms with Gasteiger partial charge in [0.05, 0.1) is 18.8 Å². The van der Waals surface area contributed by atoms with Gasteiger partial charge in [-0.2, -0.15) is 0 Å². The molecule has 1 fully saturated rings. The molecule has 7 nitrogen and oxygen atoms in total. The third kappa shape index (κ3) is 3.45. The van der Waals surface area contributed by atoms with Gasteiger partial charge < -0.3 is 19.3 Å². The van der Waals surface area contributed by atoms with E-state index in [9.17, 15) is 14.4 Å². The number of rotatable bonds is 4. The number of nitrogens with zero attached hydrogens (tertiary/aromatic N) is 2. The lowest BCUT2D eigenvalue weighted by atomic mass is 10.2. The van der Waals surface area contributed by atoms with E-state index in [2.05, 4.69) is 0 Å². The molecule has 0 unspecified atom stereocenters. The minimum atomic E-state index is -1.10. The Morgan fingerprint density at radius 1 is 1.25 bits per heavy atom. The number of aromatic nitrogens is 1. The van der Waals surface area contributed by atoms with E-state index in [1.807, 2.05) is 0 Å². The van der Waals surface area contributed by atoms with Gasteiger partial charge in [-0.25, -0.2) is 4.79 Å². The van der Waals surface area contributed by atoms with Crippen LogP contribution in [0.25, 0.3) is 0 Å². The van der Waals surface area contributed by atoms with Crippen LogP contribution in [0.15, 0.2) is 23.1 Å². The number of carbonyl (C=O) groups is 2. The summed E-state index contributed by atoms with van der Waals surface area (Å²) in [7, 11) is 0. The third-order valence-electron chi connectivity index (χ3n) is 3.16. The van der Waals surface area contributed by atoms with Gasteiger partial charge in [-0.1, -0.05) is 0 Å². The summed E-state index contributed by atoms with van der Waals surface area (Å²) < 4.78 is 6.41. The van der Waals surface area contributed by atoms with Crippen LogP contribution < -0.4 is 5.56 Å². The first-order chi connectivity index (χ1) is 9.58. The molecule has 20 heavy (non-hydrogen) atoms. The molecule has 0 aliphatic carbocycles. The second-order valence-electron chi connectivity index (χ2n) is 4.50. The first-order valence-electron chi connectivity index (χ1n) is 6.37. The van der Waals surface area contributed by atoms with E-state index < -0.39 is 5.97 Å². The van der Waals surface area contributed by atoms with Crippen molar-refractivity contribution in [1.29, 1.82) is 0 Å². The summed E-state index contributed by atoms with van der Waals surface area (Å²) in [6.45, 7) is 2.35. The number of ether oxygens (including phenoxy) is 1. The molecule has 0 spiro atoms. The highest BCUT2D eigenvalue weighted by Crippen LogP contribution is 2.02. The van der Waals surface area contributed by atoms with E-state index in [1.54, 1.807) is 4.90 Å². The Hall–Kier alpha value is -2.15. The lowest BCUT2D eigenvalue weighted by Gasteiger charge is -2.26. The smallest absolute Gasteiger partial charge is 0.337 e. The van der Waals surface area contributed by atoms with E-state index in [-0.39, 0.29) is 30.0 Å². The topological polar surface area (TPSA) is 88.8 Å². The Kier molecular flexibility index (Phi) is 4.52. The Bertz CT molecular complexity index is 560.